The Balaban J connectivity index is 0.00000135. The molecule has 0 aromatic carbocycles. The van der Waals surface area contributed by atoms with Crippen molar-refractivity contribution in [2.75, 3.05) is 18.0 Å². The maximum Gasteiger partial charge on any atom is 0.258 e. The van der Waals surface area contributed by atoms with E-state index in [-0.39, 0.29) is 25.0 Å². The van der Waals surface area contributed by atoms with E-state index in [0.29, 0.717) is 29.1 Å². The van der Waals surface area contributed by atoms with Gasteiger partial charge >= 0.3 is 0 Å². The number of imidazole rings is 1. The molecule has 3 aliphatic rings. The first-order chi connectivity index (χ1) is 18.8. The van der Waals surface area contributed by atoms with Crippen molar-refractivity contribution in [1.82, 2.24) is 39.4 Å². The number of hydrogen-bond donors (Lipinski definition) is 1. The first kappa shape index (κ1) is 25.3. The van der Waals surface area contributed by atoms with Gasteiger partial charge in [-0.2, -0.15) is 0 Å². The predicted molar refractivity (Wildman–Crippen MR) is 141 cm³/mol. The summed E-state index contributed by atoms with van der Waals surface area (Å²) in [6, 6.07) is -0.133. The standard InChI is InChI=1S/C25H25F2N9O.C2H6/c1-13-14(5-29-24(32-13)36-9-17-18(10-36)25(17,26)27)7-35-8-16(15-6-28-11-30-22(15)35)23(37)33-19-3-4-20-21(19)31-12-34(20)2;1-2/h5-6,8,11-12,17-19H,3-4,7,9-10H2,1-2H3,(H,33,37);1-2H3/t17?,18?,19-;/m1./s1. The molecule has 4 aromatic heterocycles. The van der Waals surface area contributed by atoms with Crippen LogP contribution < -0.4 is 10.2 Å². The van der Waals surface area contributed by atoms with Crippen LogP contribution in [0.3, 0.4) is 0 Å². The minimum Gasteiger partial charge on any atom is -0.344 e. The molecule has 3 atom stereocenters. The number of carbonyl (C=O) groups is 1. The molecule has 0 bridgehead atoms. The number of nitrogens with zero attached hydrogens (tertiary/aromatic N) is 8. The Kier molecular flexibility index (Phi) is 6.07. The molecular formula is C27H31F2N9O. The molecule has 204 valence electrons. The van der Waals surface area contributed by atoms with Crippen molar-refractivity contribution in [3.05, 3.63) is 59.5 Å². The molecule has 1 saturated heterocycles. The van der Waals surface area contributed by atoms with Crippen molar-refractivity contribution >= 4 is 22.9 Å². The molecule has 12 heteroatoms. The van der Waals surface area contributed by atoms with Crippen LogP contribution in [0.5, 0.6) is 0 Å². The van der Waals surface area contributed by atoms with Crippen molar-refractivity contribution in [2.24, 2.45) is 18.9 Å². The number of hydrogen-bond acceptors (Lipinski definition) is 7. The second-order valence-corrected chi connectivity index (χ2v) is 10.3. The third kappa shape index (κ3) is 4.12. The van der Waals surface area contributed by atoms with E-state index >= 15 is 0 Å². The lowest BCUT2D eigenvalue weighted by Crippen LogP contribution is -2.29. The Morgan fingerprint density at radius 3 is 2.67 bits per heavy atom. The minimum atomic E-state index is -2.54. The van der Waals surface area contributed by atoms with Crippen LogP contribution in [0.4, 0.5) is 14.7 Å². The lowest BCUT2D eigenvalue weighted by Gasteiger charge is -2.20. The molecule has 5 heterocycles. The van der Waals surface area contributed by atoms with Crippen LogP contribution in [0, 0.1) is 18.8 Å². The fraction of sp³-hybridized carbons (Fsp3) is 0.481. The topological polar surface area (TPSA) is 107 Å². The lowest BCUT2D eigenvalue weighted by atomic mass is 10.2. The van der Waals surface area contributed by atoms with Gasteiger partial charge in [0.25, 0.3) is 11.8 Å². The molecule has 7 rings (SSSR count). The number of nitrogens with one attached hydrogen (secondary N) is 1. The molecule has 0 spiro atoms. The van der Waals surface area contributed by atoms with Gasteiger partial charge in [-0.25, -0.2) is 33.7 Å². The monoisotopic (exact) mass is 535 g/mol. The van der Waals surface area contributed by atoms with Crippen LogP contribution in [0.2, 0.25) is 0 Å². The molecule has 39 heavy (non-hydrogen) atoms. The Morgan fingerprint density at radius 2 is 1.92 bits per heavy atom. The van der Waals surface area contributed by atoms with E-state index in [1.54, 1.807) is 24.9 Å². The molecule has 0 radical (unpaired) electrons. The van der Waals surface area contributed by atoms with Gasteiger partial charge in [0.2, 0.25) is 5.95 Å². The summed E-state index contributed by atoms with van der Waals surface area (Å²) in [6.45, 7) is 6.86. The van der Waals surface area contributed by atoms with Crippen LogP contribution in [0.15, 0.2) is 31.2 Å². The molecular weight excluding hydrogens is 504 g/mol. The molecule has 1 amide bonds. The van der Waals surface area contributed by atoms with E-state index < -0.39 is 17.8 Å². The van der Waals surface area contributed by atoms with Gasteiger partial charge in [0, 0.05) is 55.7 Å². The average molecular weight is 536 g/mol. The van der Waals surface area contributed by atoms with Gasteiger partial charge in [0.15, 0.2) is 0 Å². The van der Waals surface area contributed by atoms with Crippen molar-refractivity contribution in [1.29, 1.82) is 0 Å². The highest BCUT2D eigenvalue weighted by molar-refractivity contribution is 6.06. The van der Waals surface area contributed by atoms with Gasteiger partial charge in [-0.15, -0.1) is 0 Å². The van der Waals surface area contributed by atoms with Crippen molar-refractivity contribution in [3.8, 4) is 0 Å². The third-order valence-electron chi connectivity index (χ3n) is 8.07. The SMILES string of the molecule is CC.Cc1nc(N2CC3C(C2)C3(F)F)ncc1Cn1cc(C(=O)N[C@@H]2CCc3c2ncn3C)c2cncnc21. The zero-order chi connectivity index (χ0) is 27.5. The number of piperidine rings is 1. The van der Waals surface area contributed by atoms with Gasteiger partial charge in [-0.05, 0) is 19.8 Å². The van der Waals surface area contributed by atoms with E-state index in [1.807, 2.05) is 41.9 Å². The first-order valence-corrected chi connectivity index (χ1v) is 13.4. The molecule has 1 N–H and O–H groups in total. The van der Waals surface area contributed by atoms with E-state index in [4.69, 9.17) is 0 Å². The number of alkyl halides is 2. The summed E-state index contributed by atoms with van der Waals surface area (Å²) in [6.07, 6.45) is 10.1. The molecule has 1 saturated carbocycles. The average Bonchev–Trinajstić information content (AvgIpc) is 3.55. The Morgan fingerprint density at radius 1 is 1.15 bits per heavy atom. The fourth-order valence-corrected chi connectivity index (χ4v) is 5.84. The number of anilines is 1. The minimum absolute atomic E-state index is 0.133. The zero-order valence-electron chi connectivity index (χ0n) is 22.4. The first-order valence-electron chi connectivity index (χ1n) is 13.4. The van der Waals surface area contributed by atoms with Gasteiger partial charge < -0.3 is 19.4 Å². The second kappa shape index (κ2) is 9.35. The highest BCUT2D eigenvalue weighted by Crippen LogP contribution is 2.59. The van der Waals surface area contributed by atoms with Crippen molar-refractivity contribution in [2.45, 2.75) is 52.1 Å². The number of carbonyl (C=O) groups excluding carboxylic acids is 1. The zero-order valence-corrected chi connectivity index (χ0v) is 22.4. The number of aromatic nitrogens is 7. The molecule has 2 unspecified atom stereocenters. The number of rotatable bonds is 5. The fourth-order valence-electron chi connectivity index (χ4n) is 5.84. The predicted octanol–water partition coefficient (Wildman–Crippen LogP) is 3.46. The number of fused-ring (bicyclic) bond motifs is 3. The molecule has 10 nitrogen and oxygen atoms in total. The number of amides is 1. The van der Waals surface area contributed by atoms with Crippen LogP contribution in [-0.4, -0.2) is 59.0 Å². The maximum absolute atomic E-state index is 13.6. The molecule has 4 aromatic rings. The Bertz CT molecular complexity index is 1550. The van der Waals surface area contributed by atoms with Crippen molar-refractivity contribution in [3.63, 3.8) is 0 Å². The Labute approximate surface area is 224 Å². The van der Waals surface area contributed by atoms with Crippen LogP contribution in [0.1, 0.15) is 59.3 Å². The second-order valence-electron chi connectivity index (χ2n) is 10.3. The summed E-state index contributed by atoms with van der Waals surface area (Å²) in [5, 5.41) is 3.79. The van der Waals surface area contributed by atoms with E-state index in [2.05, 4.69) is 30.2 Å². The van der Waals surface area contributed by atoms with Crippen LogP contribution >= 0.6 is 0 Å². The molecule has 2 aliphatic carbocycles. The number of aryl methyl sites for hydroxylation is 2. The summed E-state index contributed by atoms with van der Waals surface area (Å²) in [5.41, 5.74) is 4.81. The Hall–Kier alpha value is -3.96. The third-order valence-corrected chi connectivity index (χ3v) is 8.07. The van der Waals surface area contributed by atoms with Gasteiger partial charge in [0.05, 0.1) is 47.4 Å². The van der Waals surface area contributed by atoms with Crippen molar-refractivity contribution < 1.29 is 13.6 Å². The van der Waals surface area contributed by atoms with Crippen LogP contribution in [-0.2, 0) is 20.0 Å². The summed E-state index contributed by atoms with van der Waals surface area (Å²) >= 11 is 0. The van der Waals surface area contributed by atoms with E-state index in [0.717, 1.165) is 35.5 Å². The number of halogens is 2. The molecule has 2 fully saturated rings. The summed E-state index contributed by atoms with van der Waals surface area (Å²) in [5.74, 6) is -3.42. The maximum atomic E-state index is 13.6. The highest BCUT2D eigenvalue weighted by atomic mass is 19.3. The van der Waals surface area contributed by atoms with Gasteiger partial charge in [-0.3, -0.25) is 4.79 Å². The highest BCUT2D eigenvalue weighted by Gasteiger charge is 2.72. The summed E-state index contributed by atoms with van der Waals surface area (Å²) in [4.78, 5) is 37.3. The normalized spacial score (nSPS) is 22.3. The smallest absolute Gasteiger partial charge is 0.258 e. The largest absolute Gasteiger partial charge is 0.344 e. The van der Waals surface area contributed by atoms with Gasteiger partial charge in [-0.1, -0.05) is 13.8 Å². The van der Waals surface area contributed by atoms with Gasteiger partial charge in [0.1, 0.15) is 12.0 Å². The summed E-state index contributed by atoms with van der Waals surface area (Å²) < 4.78 is 31.0. The van der Waals surface area contributed by atoms with E-state index in [9.17, 15) is 13.6 Å². The summed E-state index contributed by atoms with van der Waals surface area (Å²) in [7, 11) is 1.96. The lowest BCUT2D eigenvalue weighted by molar-refractivity contribution is 0.0795. The quantitative estimate of drug-likeness (QED) is 0.417. The van der Waals surface area contributed by atoms with E-state index in [1.165, 1.54) is 6.33 Å². The molecule has 1 aliphatic heterocycles. The van der Waals surface area contributed by atoms with Crippen LogP contribution in [0.25, 0.3) is 11.0 Å².